The van der Waals surface area contributed by atoms with Crippen molar-refractivity contribution in [2.45, 2.75) is 6.04 Å². The van der Waals surface area contributed by atoms with Gasteiger partial charge in [-0.1, -0.05) is 12.1 Å². The van der Waals surface area contributed by atoms with Gasteiger partial charge in [0, 0.05) is 26.7 Å². The minimum atomic E-state index is 0.301. The summed E-state index contributed by atoms with van der Waals surface area (Å²) in [5, 5.41) is 3.23. The highest BCUT2D eigenvalue weighted by Gasteiger charge is 2.12. The van der Waals surface area contributed by atoms with Crippen LogP contribution in [0.2, 0.25) is 0 Å². The Bertz CT molecular complexity index is 331. The number of hydrogen-bond acceptors (Lipinski definition) is 4. The third-order valence-electron chi connectivity index (χ3n) is 2.77. The minimum absolute atomic E-state index is 0.301. The van der Waals surface area contributed by atoms with E-state index in [1.165, 1.54) is 0 Å². The fraction of sp³-hybridized carbons (Fsp3) is 0.538. The highest BCUT2D eigenvalue weighted by molar-refractivity contribution is 5.57. The van der Waals surface area contributed by atoms with Crippen LogP contribution in [0, 0.1) is 0 Å². The molecule has 0 saturated heterocycles. The van der Waals surface area contributed by atoms with Gasteiger partial charge in [-0.05, 0) is 19.2 Å². The number of hydrogen-bond donors (Lipinski definition) is 1. The summed E-state index contributed by atoms with van der Waals surface area (Å²) in [6.07, 6.45) is 0. The van der Waals surface area contributed by atoms with Gasteiger partial charge in [0.2, 0.25) is 0 Å². The van der Waals surface area contributed by atoms with Crippen molar-refractivity contribution in [2.24, 2.45) is 0 Å². The fourth-order valence-electron chi connectivity index (χ4n) is 1.80. The van der Waals surface area contributed by atoms with Crippen molar-refractivity contribution in [3.05, 3.63) is 24.3 Å². The van der Waals surface area contributed by atoms with E-state index in [0.29, 0.717) is 12.6 Å². The SMILES string of the molecule is CNC(COC)CN(C)c1ccccc1OC. The standard InChI is InChI=1S/C13H22N2O2/c1-14-11(10-16-3)9-15(2)12-7-5-6-8-13(12)17-4/h5-8,11,14H,9-10H2,1-4H3. The van der Waals surface area contributed by atoms with Crippen molar-refractivity contribution in [3.63, 3.8) is 0 Å². The molecule has 1 unspecified atom stereocenters. The Labute approximate surface area is 104 Å². The van der Waals surface area contributed by atoms with Crippen LogP contribution in [0.3, 0.4) is 0 Å². The number of ether oxygens (including phenoxy) is 2. The van der Waals surface area contributed by atoms with Gasteiger partial charge < -0.3 is 19.7 Å². The van der Waals surface area contributed by atoms with E-state index in [4.69, 9.17) is 9.47 Å². The molecule has 0 aliphatic heterocycles. The molecule has 17 heavy (non-hydrogen) atoms. The second-order valence-corrected chi connectivity index (χ2v) is 3.99. The summed E-state index contributed by atoms with van der Waals surface area (Å²) in [7, 11) is 7.41. The maximum absolute atomic E-state index is 5.35. The first-order chi connectivity index (χ1) is 8.22. The number of anilines is 1. The summed E-state index contributed by atoms with van der Waals surface area (Å²) in [4.78, 5) is 2.17. The molecule has 0 radical (unpaired) electrons. The van der Waals surface area contributed by atoms with Crippen LogP contribution in [0.5, 0.6) is 5.75 Å². The van der Waals surface area contributed by atoms with Gasteiger partial charge >= 0.3 is 0 Å². The monoisotopic (exact) mass is 238 g/mol. The minimum Gasteiger partial charge on any atom is -0.495 e. The molecule has 0 aromatic heterocycles. The van der Waals surface area contributed by atoms with E-state index < -0.39 is 0 Å². The molecule has 1 aromatic rings. The third kappa shape index (κ3) is 3.91. The van der Waals surface area contributed by atoms with E-state index in [0.717, 1.165) is 18.0 Å². The van der Waals surface area contributed by atoms with Crippen LogP contribution >= 0.6 is 0 Å². The predicted octanol–water partition coefficient (Wildman–Crippen LogP) is 1.37. The Kier molecular flexibility index (Phi) is 5.80. The fourth-order valence-corrected chi connectivity index (χ4v) is 1.80. The molecule has 1 atom stereocenters. The maximum atomic E-state index is 5.35. The molecule has 0 fully saturated rings. The molecule has 0 aliphatic rings. The number of para-hydroxylation sites is 2. The van der Waals surface area contributed by atoms with Crippen molar-refractivity contribution in [2.75, 3.05) is 46.4 Å². The number of benzene rings is 1. The van der Waals surface area contributed by atoms with Crippen molar-refractivity contribution in [1.29, 1.82) is 0 Å². The molecule has 1 rings (SSSR count). The predicted molar refractivity (Wildman–Crippen MR) is 71.0 cm³/mol. The zero-order valence-corrected chi connectivity index (χ0v) is 11.1. The summed E-state index contributed by atoms with van der Waals surface area (Å²) in [6, 6.07) is 8.31. The molecular formula is C13H22N2O2. The quantitative estimate of drug-likeness (QED) is 0.778. The first kappa shape index (κ1) is 13.8. The van der Waals surface area contributed by atoms with Gasteiger partial charge in [0.25, 0.3) is 0 Å². The summed E-state index contributed by atoms with van der Waals surface area (Å²) in [5.74, 6) is 0.891. The second kappa shape index (κ2) is 7.14. The molecule has 4 nitrogen and oxygen atoms in total. The van der Waals surface area contributed by atoms with E-state index in [1.54, 1.807) is 14.2 Å². The Hall–Kier alpha value is -1.26. The van der Waals surface area contributed by atoms with Crippen molar-refractivity contribution in [1.82, 2.24) is 5.32 Å². The van der Waals surface area contributed by atoms with Crippen molar-refractivity contribution < 1.29 is 9.47 Å². The third-order valence-corrected chi connectivity index (χ3v) is 2.77. The Balaban J connectivity index is 2.71. The van der Waals surface area contributed by atoms with Crippen LogP contribution < -0.4 is 15.0 Å². The topological polar surface area (TPSA) is 33.7 Å². The highest BCUT2D eigenvalue weighted by atomic mass is 16.5. The van der Waals surface area contributed by atoms with Gasteiger partial charge in [0.15, 0.2) is 0 Å². The van der Waals surface area contributed by atoms with Crippen LogP contribution in [-0.2, 0) is 4.74 Å². The molecule has 4 heteroatoms. The van der Waals surface area contributed by atoms with E-state index in [2.05, 4.69) is 23.3 Å². The van der Waals surface area contributed by atoms with Gasteiger partial charge in [0.1, 0.15) is 5.75 Å². The maximum Gasteiger partial charge on any atom is 0.142 e. The zero-order chi connectivity index (χ0) is 12.7. The van der Waals surface area contributed by atoms with Gasteiger partial charge in [-0.3, -0.25) is 0 Å². The molecule has 0 aliphatic carbocycles. The summed E-state index contributed by atoms with van der Waals surface area (Å²) >= 11 is 0. The van der Waals surface area contributed by atoms with E-state index in [-0.39, 0.29) is 0 Å². The van der Waals surface area contributed by atoms with Crippen molar-refractivity contribution in [3.8, 4) is 5.75 Å². The molecule has 96 valence electrons. The normalized spacial score (nSPS) is 12.2. The highest BCUT2D eigenvalue weighted by Crippen LogP contribution is 2.26. The van der Waals surface area contributed by atoms with Gasteiger partial charge in [0.05, 0.1) is 19.4 Å². The zero-order valence-electron chi connectivity index (χ0n) is 11.1. The first-order valence-corrected chi connectivity index (χ1v) is 5.73. The van der Waals surface area contributed by atoms with Crippen LogP contribution in [0.15, 0.2) is 24.3 Å². The van der Waals surface area contributed by atoms with E-state index in [9.17, 15) is 0 Å². The number of rotatable bonds is 7. The molecular weight excluding hydrogens is 216 g/mol. The van der Waals surface area contributed by atoms with Crippen LogP contribution in [0.1, 0.15) is 0 Å². The Morgan fingerprint density at radius 1 is 1.29 bits per heavy atom. The molecule has 1 aromatic carbocycles. The molecule has 0 saturated carbocycles. The lowest BCUT2D eigenvalue weighted by molar-refractivity contribution is 0.171. The number of likely N-dealkylation sites (N-methyl/N-ethyl adjacent to an activating group) is 2. The lowest BCUT2D eigenvalue weighted by Crippen LogP contribution is -2.40. The van der Waals surface area contributed by atoms with Crippen LogP contribution in [-0.4, -0.2) is 47.5 Å². The van der Waals surface area contributed by atoms with E-state index in [1.807, 2.05) is 25.2 Å². The average molecular weight is 238 g/mol. The summed E-state index contributed by atoms with van der Waals surface area (Å²) in [6.45, 7) is 1.56. The van der Waals surface area contributed by atoms with Crippen LogP contribution in [0.25, 0.3) is 0 Å². The van der Waals surface area contributed by atoms with Gasteiger partial charge in [-0.2, -0.15) is 0 Å². The first-order valence-electron chi connectivity index (χ1n) is 5.73. The number of methoxy groups -OCH3 is 2. The van der Waals surface area contributed by atoms with Crippen molar-refractivity contribution >= 4 is 5.69 Å². The van der Waals surface area contributed by atoms with Gasteiger partial charge in [-0.15, -0.1) is 0 Å². The lowest BCUT2D eigenvalue weighted by Gasteiger charge is -2.26. The summed E-state index contributed by atoms with van der Waals surface area (Å²) < 4.78 is 10.5. The second-order valence-electron chi connectivity index (χ2n) is 3.99. The van der Waals surface area contributed by atoms with Crippen LogP contribution in [0.4, 0.5) is 5.69 Å². The van der Waals surface area contributed by atoms with Gasteiger partial charge in [-0.25, -0.2) is 0 Å². The lowest BCUT2D eigenvalue weighted by atomic mass is 10.2. The average Bonchev–Trinajstić information content (AvgIpc) is 2.38. The van der Waals surface area contributed by atoms with E-state index >= 15 is 0 Å². The summed E-state index contributed by atoms with van der Waals surface area (Å²) in [5.41, 5.74) is 1.09. The molecule has 0 spiro atoms. The molecule has 1 N–H and O–H groups in total. The smallest absolute Gasteiger partial charge is 0.142 e. The Morgan fingerprint density at radius 3 is 2.59 bits per heavy atom. The molecule has 0 heterocycles. The number of nitrogens with zero attached hydrogens (tertiary/aromatic N) is 1. The molecule has 0 amide bonds. The Morgan fingerprint density at radius 2 is 2.00 bits per heavy atom. The molecule has 0 bridgehead atoms. The largest absolute Gasteiger partial charge is 0.495 e. The number of nitrogens with one attached hydrogen (secondary N) is 1.